The van der Waals surface area contributed by atoms with E-state index in [2.05, 4.69) is 72.7 Å². The number of nitrogens with one attached hydrogen (secondary N) is 2. The normalized spacial score (nSPS) is 12.3. The molecular formula is C21H33N5. The second-order valence-electron chi connectivity index (χ2n) is 7.82. The minimum absolute atomic E-state index is 0.200. The van der Waals surface area contributed by atoms with Crippen molar-refractivity contribution in [3.63, 3.8) is 0 Å². The van der Waals surface area contributed by atoms with E-state index in [4.69, 9.17) is 0 Å². The van der Waals surface area contributed by atoms with Crippen molar-refractivity contribution in [1.29, 1.82) is 0 Å². The van der Waals surface area contributed by atoms with E-state index in [1.807, 2.05) is 18.7 Å². The van der Waals surface area contributed by atoms with Crippen molar-refractivity contribution in [2.75, 3.05) is 13.6 Å². The summed E-state index contributed by atoms with van der Waals surface area (Å²) in [5.74, 6) is 0.818. The molecule has 0 aliphatic carbocycles. The van der Waals surface area contributed by atoms with Gasteiger partial charge >= 0.3 is 0 Å². The highest BCUT2D eigenvalue weighted by atomic mass is 15.3. The Morgan fingerprint density at radius 1 is 1.12 bits per heavy atom. The molecule has 5 nitrogen and oxygen atoms in total. The van der Waals surface area contributed by atoms with E-state index in [9.17, 15) is 0 Å². The number of rotatable bonds is 5. The van der Waals surface area contributed by atoms with E-state index in [-0.39, 0.29) is 5.41 Å². The van der Waals surface area contributed by atoms with Crippen LogP contribution in [0.5, 0.6) is 0 Å². The molecule has 0 radical (unpaired) electrons. The minimum atomic E-state index is 0.200. The molecule has 2 rings (SSSR count). The first kappa shape index (κ1) is 20.0. The van der Waals surface area contributed by atoms with Gasteiger partial charge in [-0.15, -0.1) is 0 Å². The van der Waals surface area contributed by atoms with Crippen LogP contribution < -0.4 is 10.6 Å². The molecule has 0 saturated heterocycles. The van der Waals surface area contributed by atoms with Crippen LogP contribution in [0, 0.1) is 13.8 Å². The van der Waals surface area contributed by atoms with Crippen molar-refractivity contribution in [3.05, 3.63) is 52.3 Å². The molecular weight excluding hydrogens is 322 g/mol. The summed E-state index contributed by atoms with van der Waals surface area (Å²) in [7, 11) is 3.78. The summed E-state index contributed by atoms with van der Waals surface area (Å²) in [5, 5.41) is 11.2. The maximum Gasteiger partial charge on any atom is 0.191 e. The lowest BCUT2D eigenvalue weighted by molar-refractivity contribution is 0.590. The molecule has 1 aromatic heterocycles. The first-order chi connectivity index (χ1) is 12.2. The summed E-state index contributed by atoms with van der Waals surface area (Å²) >= 11 is 0. The predicted octanol–water partition coefficient (Wildman–Crippen LogP) is 3.24. The zero-order valence-corrected chi connectivity index (χ0v) is 17.3. The number of aliphatic imine (C=N–C) groups is 1. The number of nitrogens with zero attached hydrogens (tertiary/aromatic N) is 3. The van der Waals surface area contributed by atoms with Crippen LogP contribution in [0.25, 0.3) is 0 Å². The SMILES string of the molecule is CN=C(NCCc1ccc(C(C)(C)C)cc1)NCc1c(C)nn(C)c1C. The fraction of sp³-hybridized carbons (Fsp3) is 0.524. The first-order valence-corrected chi connectivity index (χ1v) is 9.25. The van der Waals surface area contributed by atoms with Crippen molar-refractivity contribution in [2.24, 2.45) is 12.0 Å². The van der Waals surface area contributed by atoms with Gasteiger partial charge in [0, 0.05) is 38.4 Å². The molecule has 0 spiro atoms. The number of hydrogen-bond acceptors (Lipinski definition) is 2. The van der Waals surface area contributed by atoms with Gasteiger partial charge in [-0.25, -0.2) is 0 Å². The van der Waals surface area contributed by atoms with Gasteiger partial charge in [0.25, 0.3) is 0 Å². The van der Waals surface area contributed by atoms with Crippen LogP contribution in [0.3, 0.4) is 0 Å². The Hall–Kier alpha value is -2.30. The van der Waals surface area contributed by atoms with Gasteiger partial charge in [-0.3, -0.25) is 9.67 Å². The predicted molar refractivity (Wildman–Crippen MR) is 110 cm³/mol. The van der Waals surface area contributed by atoms with E-state index in [1.54, 1.807) is 7.05 Å². The van der Waals surface area contributed by atoms with E-state index >= 15 is 0 Å². The third-order valence-corrected chi connectivity index (χ3v) is 4.84. The van der Waals surface area contributed by atoms with Crippen LogP contribution in [0.15, 0.2) is 29.3 Å². The van der Waals surface area contributed by atoms with Crippen LogP contribution in [0.4, 0.5) is 0 Å². The molecule has 0 unspecified atom stereocenters. The van der Waals surface area contributed by atoms with E-state index in [0.29, 0.717) is 0 Å². The van der Waals surface area contributed by atoms with Crippen molar-refractivity contribution in [1.82, 2.24) is 20.4 Å². The Bertz CT molecular complexity index is 748. The Kier molecular flexibility index (Phi) is 6.46. The molecule has 2 N–H and O–H groups in total. The van der Waals surface area contributed by atoms with E-state index in [0.717, 1.165) is 31.2 Å². The highest BCUT2D eigenvalue weighted by molar-refractivity contribution is 5.79. The average molecular weight is 356 g/mol. The Balaban J connectivity index is 1.84. The molecule has 0 amide bonds. The number of aryl methyl sites for hydroxylation is 2. The Morgan fingerprint density at radius 3 is 2.27 bits per heavy atom. The smallest absolute Gasteiger partial charge is 0.191 e. The number of hydrogen-bond donors (Lipinski definition) is 2. The molecule has 26 heavy (non-hydrogen) atoms. The van der Waals surface area contributed by atoms with Gasteiger partial charge in [-0.2, -0.15) is 5.10 Å². The van der Waals surface area contributed by atoms with Crippen molar-refractivity contribution in [2.45, 2.75) is 53.0 Å². The van der Waals surface area contributed by atoms with Crippen LogP contribution >= 0.6 is 0 Å². The maximum atomic E-state index is 4.46. The molecule has 2 aromatic rings. The van der Waals surface area contributed by atoms with E-state index < -0.39 is 0 Å². The lowest BCUT2D eigenvalue weighted by Crippen LogP contribution is -2.38. The van der Waals surface area contributed by atoms with Gasteiger partial charge in [0.05, 0.1) is 5.69 Å². The molecule has 0 bridgehead atoms. The zero-order valence-electron chi connectivity index (χ0n) is 17.3. The zero-order chi connectivity index (χ0) is 19.3. The second-order valence-corrected chi connectivity index (χ2v) is 7.82. The van der Waals surface area contributed by atoms with Gasteiger partial charge < -0.3 is 10.6 Å². The minimum Gasteiger partial charge on any atom is -0.356 e. The summed E-state index contributed by atoms with van der Waals surface area (Å²) in [4.78, 5) is 4.31. The van der Waals surface area contributed by atoms with Gasteiger partial charge in [-0.05, 0) is 36.8 Å². The molecule has 0 aliphatic heterocycles. The largest absolute Gasteiger partial charge is 0.356 e. The van der Waals surface area contributed by atoms with Crippen LogP contribution in [-0.4, -0.2) is 29.3 Å². The Morgan fingerprint density at radius 2 is 1.77 bits per heavy atom. The van der Waals surface area contributed by atoms with Crippen LogP contribution in [-0.2, 0) is 25.4 Å². The lowest BCUT2D eigenvalue weighted by Gasteiger charge is -2.19. The molecule has 0 saturated carbocycles. The fourth-order valence-corrected chi connectivity index (χ4v) is 2.96. The summed E-state index contributed by atoms with van der Waals surface area (Å²) in [6, 6.07) is 8.91. The maximum absolute atomic E-state index is 4.46. The first-order valence-electron chi connectivity index (χ1n) is 9.25. The van der Waals surface area contributed by atoms with Crippen molar-refractivity contribution in [3.8, 4) is 0 Å². The second kappa shape index (κ2) is 8.39. The third-order valence-electron chi connectivity index (χ3n) is 4.84. The number of guanidine groups is 1. The number of aromatic nitrogens is 2. The monoisotopic (exact) mass is 355 g/mol. The van der Waals surface area contributed by atoms with Crippen LogP contribution in [0.2, 0.25) is 0 Å². The van der Waals surface area contributed by atoms with Crippen molar-refractivity contribution >= 4 is 5.96 Å². The van der Waals surface area contributed by atoms with Gasteiger partial charge in [0.2, 0.25) is 0 Å². The molecule has 1 heterocycles. The van der Waals surface area contributed by atoms with E-state index in [1.165, 1.54) is 22.4 Å². The molecule has 1 aromatic carbocycles. The highest BCUT2D eigenvalue weighted by Gasteiger charge is 2.13. The Labute approximate surface area is 157 Å². The lowest BCUT2D eigenvalue weighted by atomic mass is 9.86. The molecule has 0 atom stereocenters. The molecule has 0 aliphatic rings. The van der Waals surface area contributed by atoms with Crippen LogP contribution in [0.1, 0.15) is 48.8 Å². The van der Waals surface area contributed by atoms with Crippen molar-refractivity contribution < 1.29 is 0 Å². The quantitative estimate of drug-likeness (QED) is 0.639. The highest BCUT2D eigenvalue weighted by Crippen LogP contribution is 2.22. The summed E-state index contributed by atoms with van der Waals surface area (Å²) in [5.41, 5.74) is 6.38. The third kappa shape index (κ3) is 5.10. The number of benzene rings is 1. The molecule has 5 heteroatoms. The molecule has 142 valence electrons. The standard InChI is InChI=1S/C21H33N5/c1-15-19(16(2)26(7)25-15)14-24-20(22-6)23-13-12-17-8-10-18(11-9-17)21(3,4)5/h8-11H,12-14H2,1-7H3,(H2,22,23,24). The fourth-order valence-electron chi connectivity index (χ4n) is 2.96. The van der Waals surface area contributed by atoms with Gasteiger partial charge in [-0.1, -0.05) is 45.0 Å². The summed E-state index contributed by atoms with van der Waals surface area (Å²) < 4.78 is 1.92. The molecule has 0 fully saturated rings. The van der Waals surface area contributed by atoms with Gasteiger partial charge in [0.1, 0.15) is 0 Å². The average Bonchev–Trinajstić information content (AvgIpc) is 2.83. The topological polar surface area (TPSA) is 54.2 Å². The summed E-state index contributed by atoms with van der Waals surface area (Å²) in [6.45, 7) is 12.4. The van der Waals surface area contributed by atoms with Gasteiger partial charge in [0.15, 0.2) is 5.96 Å². The summed E-state index contributed by atoms with van der Waals surface area (Å²) in [6.07, 6.45) is 0.968.